The SMILES string of the molecule is CCCCCCCCCCCC[Si](C)(C)Cl.CCCCCCCC[Si](C)(C)Cl. The number of hydrogen-bond donors (Lipinski definition) is 0. The smallest absolute Gasteiger partial charge is 0.150 e. The summed E-state index contributed by atoms with van der Waals surface area (Å²) >= 11 is 12.5. The maximum absolute atomic E-state index is 6.28. The topological polar surface area (TPSA) is 0 Å². The van der Waals surface area contributed by atoms with Crippen molar-refractivity contribution >= 4 is 36.9 Å². The first-order valence-electron chi connectivity index (χ1n) is 12.5. The van der Waals surface area contributed by atoms with Crippen LogP contribution in [0.2, 0.25) is 38.3 Å². The molecule has 0 radical (unpaired) electrons. The van der Waals surface area contributed by atoms with E-state index < -0.39 is 14.8 Å². The predicted molar refractivity (Wildman–Crippen MR) is 142 cm³/mol. The van der Waals surface area contributed by atoms with Crippen LogP contribution in [-0.2, 0) is 0 Å². The van der Waals surface area contributed by atoms with E-state index in [-0.39, 0.29) is 0 Å². The monoisotopic (exact) mass is 468 g/mol. The molecule has 0 aromatic carbocycles. The van der Waals surface area contributed by atoms with Crippen molar-refractivity contribution in [2.45, 2.75) is 155 Å². The Morgan fingerprint density at radius 1 is 0.393 bits per heavy atom. The van der Waals surface area contributed by atoms with Crippen LogP contribution in [-0.4, -0.2) is 14.8 Å². The van der Waals surface area contributed by atoms with E-state index in [1.807, 2.05) is 0 Å². The third-order valence-corrected chi connectivity index (χ3v) is 9.47. The summed E-state index contributed by atoms with van der Waals surface area (Å²) in [4.78, 5) is 0. The minimum Gasteiger partial charge on any atom is -0.168 e. The predicted octanol–water partition coefficient (Wildman–Crippen LogP) is 11.1. The van der Waals surface area contributed by atoms with Gasteiger partial charge in [-0.1, -0.05) is 143 Å². The van der Waals surface area contributed by atoms with Gasteiger partial charge in [0.1, 0.15) is 14.8 Å². The van der Waals surface area contributed by atoms with Crippen molar-refractivity contribution in [2.75, 3.05) is 0 Å². The van der Waals surface area contributed by atoms with Crippen LogP contribution in [0, 0.1) is 0 Å². The van der Waals surface area contributed by atoms with Gasteiger partial charge < -0.3 is 0 Å². The molecule has 0 aliphatic heterocycles. The Labute approximate surface area is 191 Å². The van der Waals surface area contributed by atoms with Crippen molar-refractivity contribution in [2.24, 2.45) is 0 Å². The summed E-state index contributed by atoms with van der Waals surface area (Å²) in [5, 5.41) is 0. The van der Waals surface area contributed by atoms with Gasteiger partial charge in [-0.25, -0.2) is 0 Å². The molecule has 0 atom stereocenters. The maximum atomic E-state index is 6.28. The van der Waals surface area contributed by atoms with Crippen LogP contribution in [0.3, 0.4) is 0 Å². The summed E-state index contributed by atoms with van der Waals surface area (Å²) in [6.45, 7) is 13.5. The molecule has 0 saturated heterocycles. The fraction of sp³-hybridized carbons (Fsp3) is 1.00. The lowest BCUT2D eigenvalue weighted by atomic mass is 10.1. The van der Waals surface area contributed by atoms with Crippen LogP contribution >= 0.6 is 22.2 Å². The van der Waals surface area contributed by atoms with Crippen LogP contribution in [0.15, 0.2) is 0 Å². The zero-order valence-electron chi connectivity index (χ0n) is 20.5. The van der Waals surface area contributed by atoms with E-state index in [0.717, 1.165) is 0 Å². The Morgan fingerprint density at radius 3 is 0.821 bits per heavy atom. The Balaban J connectivity index is 0. The summed E-state index contributed by atoms with van der Waals surface area (Å²) in [7, 11) is -2.53. The average Bonchev–Trinajstić information content (AvgIpc) is 2.58. The fourth-order valence-electron chi connectivity index (χ4n) is 3.36. The minimum absolute atomic E-state index is 1.25. The Morgan fingerprint density at radius 2 is 0.607 bits per heavy atom. The molecule has 172 valence electrons. The average molecular weight is 470 g/mol. The zero-order chi connectivity index (χ0) is 21.7. The van der Waals surface area contributed by atoms with Gasteiger partial charge in [-0.05, 0) is 12.1 Å². The third-order valence-electron chi connectivity index (χ3n) is 5.25. The lowest BCUT2D eigenvalue weighted by Crippen LogP contribution is -2.14. The van der Waals surface area contributed by atoms with E-state index in [1.165, 1.54) is 115 Å². The standard InChI is InChI=1S/C14H31ClSi.C10H23ClSi/c1-4-5-6-7-8-9-10-11-12-13-14-16(2,3)15;1-4-5-6-7-8-9-10-12(2,3)11/h4-14H2,1-3H3;4-10H2,1-3H3. The van der Waals surface area contributed by atoms with Crippen molar-refractivity contribution in [3.05, 3.63) is 0 Å². The molecule has 4 heteroatoms. The first-order valence-corrected chi connectivity index (χ1v) is 20.9. The van der Waals surface area contributed by atoms with Gasteiger partial charge in [0.25, 0.3) is 0 Å². The van der Waals surface area contributed by atoms with Crippen molar-refractivity contribution < 1.29 is 0 Å². The Kier molecular flexibility index (Phi) is 23.7. The summed E-state index contributed by atoms with van der Waals surface area (Å²) < 4.78 is 0. The summed E-state index contributed by atoms with van der Waals surface area (Å²) in [6.07, 6.45) is 22.5. The van der Waals surface area contributed by atoms with E-state index in [1.54, 1.807) is 0 Å². The van der Waals surface area contributed by atoms with Gasteiger partial charge in [0, 0.05) is 0 Å². The fourth-order valence-corrected chi connectivity index (χ4v) is 6.34. The van der Waals surface area contributed by atoms with E-state index >= 15 is 0 Å². The second-order valence-electron chi connectivity index (χ2n) is 9.89. The molecule has 0 aromatic heterocycles. The van der Waals surface area contributed by atoms with Crippen molar-refractivity contribution in [1.29, 1.82) is 0 Å². The number of rotatable bonds is 18. The maximum Gasteiger partial charge on any atom is 0.150 e. The lowest BCUT2D eigenvalue weighted by molar-refractivity contribution is 0.562. The van der Waals surface area contributed by atoms with Gasteiger partial charge in [-0.15, -0.1) is 0 Å². The molecule has 0 unspecified atom stereocenters. The molecule has 28 heavy (non-hydrogen) atoms. The molecule has 0 amide bonds. The molecular formula is C24H54Cl2Si2. The van der Waals surface area contributed by atoms with Crippen molar-refractivity contribution in [3.63, 3.8) is 0 Å². The second kappa shape index (κ2) is 21.3. The van der Waals surface area contributed by atoms with Crippen LogP contribution in [0.1, 0.15) is 117 Å². The van der Waals surface area contributed by atoms with Gasteiger partial charge in [-0.2, -0.15) is 22.2 Å². The summed E-state index contributed by atoms with van der Waals surface area (Å²) in [5.41, 5.74) is 0. The molecule has 0 saturated carbocycles. The molecule has 0 fully saturated rings. The highest BCUT2D eigenvalue weighted by atomic mass is 35.6. The second-order valence-corrected chi connectivity index (χ2v) is 23.9. The highest BCUT2D eigenvalue weighted by molar-refractivity contribution is 7.19. The molecular weight excluding hydrogens is 415 g/mol. The molecule has 0 N–H and O–H groups in total. The Hall–Kier alpha value is 1.01. The normalized spacial score (nSPS) is 12.0. The summed E-state index contributed by atoms with van der Waals surface area (Å²) in [6, 6.07) is 2.59. The largest absolute Gasteiger partial charge is 0.168 e. The van der Waals surface area contributed by atoms with E-state index in [0.29, 0.717) is 0 Å². The van der Waals surface area contributed by atoms with Crippen LogP contribution in [0.25, 0.3) is 0 Å². The van der Waals surface area contributed by atoms with Crippen LogP contribution in [0.4, 0.5) is 0 Å². The molecule has 0 aromatic rings. The number of halogens is 2. The Bertz CT molecular complexity index is 296. The molecule has 0 heterocycles. The molecule has 0 bridgehead atoms. The molecule has 0 aliphatic carbocycles. The third kappa shape index (κ3) is 34.5. The first kappa shape index (κ1) is 31.2. The van der Waals surface area contributed by atoms with Gasteiger partial charge >= 0.3 is 0 Å². The minimum atomic E-state index is -1.28. The lowest BCUT2D eigenvalue weighted by Gasteiger charge is -2.11. The van der Waals surface area contributed by atoms with Crippen LogP contribution < -0.4 is 0 Å². The molecule has 0 nitrogen and oxygen atoms in total. The van der Waals surface area contributed by atoms with Gasteiger partial charge in [0.05, 0.1) is 0 Å². The van der Waals surface area contributed by atoms with Crippen molar-refractivity contribution in [3.8, 4) is 0 Å². The quantitative estimate of drug-likeness (QED) is 0.106. The van der Waals surface area contributed by atoms with E-state index in [4.69, 9.17) is 22.2 Å². The van der Waals surface area contributed by atoms with Crippen molar-refractivity contribution in [1.82, 2.24) is 0 Å². The summed E-state index contributed by atoms with van der Waals surface area (Å²) in [5.74, 6) is 0. The van der Waals surface area contributed by atoms with Gasteiger partial charge in [0.2, 0.25) is 0 Å². The number of hydrogen-bond acceptors (Lipinski definition) is 0. The number of unbranched alkanes of at least 4 members (excludes halogenated alkanes) is 14. The molecule has 0 rings (SSSR count). The van der Waals surface area contributed by atoms with E-state index in [9.17, 15) is 0 Å². The first-order chi connectivity index (χ1) is 13.1. The highest BCUT2D eigenvalue weighted by Gasteiger charge is 2.15. The molecule has 0 spiro atoms. The van der Waals surface area contributed by atoms with E-state index in [2.05, 4.69) is 40.0 Å². The van der Waals surface area contributed by atoms with Crippen LogP contribution in [0.5, 0.6) is 0 Å². The highest BCUT2D eigenvalue weighted by Crippen LogP contribution is 2.20. The zero-order valence-corrected chi connectivity index (χ0v) is 24.0. The van der Waals surface area contributed by atoms with Gasteiger partial charge in [-0.3, -0.25) is 0 Å². The van der Waals surface area contributed by atoms with Gasteiger partial charge in [0.15, 0.2) is 0 Å². The molecule has 0 aliphatic rings.